The molecule has 6 heteroatoms. The van der Waals surface area contributed by atoms with Gasteiger partial charge in [-0.3, -0.25) is 14.4 Å². The molecule has 2 rings (SSSR count). The summed E-state index contributed by atoms with van der Waals surface area (Å²) in [6, 6.07) is 13.4. The minimum Gasteiger partial charge on any atom is -0.481 e. The summed E-state index contributed by atoms with van der Waals surface area (Å²) in [6.45, 7) is 5.08. The van der Waals surface area contributed by atoms with Crippen molar-refractivity contribution in [3.8, 4) is 11.5 Å². The molecule has 0 bridgehead atoms. The molecule has 142 valence electrons. The summed E-state index contributed by atoms with van der Waals surface area (Å²) in [5.74, 6) is -0.0274. The number of amides is 1. The third kappa shape index (κ3) is 6.26. The molecular formula is C21H23NO5. The monoisotopic (exact) mass is 369 g/mol. The van der Waals surface area contributed by atoms with Gasteiger partial charge < -0.3 is 15.2 Å². The molecule has 0 spiro atoms. The number of ketones is 1. The van der Waals surface area contributed by atoms with Crippen LogP contribution in [0.4, 0.5) is 0 Å². The average molecular weight is 369 g/mol. The predicted molar refractivity (Wildman–Crippen MR) is 101 cm³/mol. The Morgan fingerprint density at radius 1 is 0.926 bits per heavy atom. The molecule has 0 aromatic heterocycles. The van der Waals surface area contributed by atoms with Crippen LogP contribution in [0.2, 0.25) is 0 Å². The highest BCUT2D eigenvalue weighted by atomic mass is 16.5. The molecule has 0 aliphatic heterocycles. The number of carboxylic acid groups (broad SMARTS) is 1. The zero-order valence-electron chi connectivity index (χ0n) is 15.6. The van der Waals surface area contributed by atoms with Crippen molar-refractivity contribution < 1.29 is 24.2 Å². The quantitative estimate of drug-likeness (QED) is 0.685. The number of carbonyl (C=O) groups is 3. The summed E-state index contributed by atoms with van der Waals surface area (Å²) < 4.78 is 5.71. The molecule has 27 heavy (non-hydrogen) atoms. The second kappa shape index (κ2) is 8.49. The van der Waals surface area contributed by atoms with Gasteiger partial charge in [0.25, 0.3) is 5.91 Å². The Kier molecular flexibility index (Phi) is 6.34. The molecule has 0 saturated heterocycles. The minimum absolute atomic E-state index is 0.0109. The van der Waals surface area contributed by atoms with Crippen LogP contribution in [0.1, 0.15) is 54.3 Å². The topological polar surface area (TPSA) is 92.7 Å². The first kappa shape index (κ1) is 20.2. The van der Waals surface area contributed by atoms with E-state index in [2.05, 4.69) is 5.32 Å². The van der Waals surface area contributed by atoms with Crippen molar-refractivity contribution in [3.05, 3.63) is 59.7 Å². The lowest BCUT2D eigenvalue weighted by atomic mass is 9.98. The smallest absolute Gasteiger partial charge is 0.303 e. The molecule has 2 N–H and O–H groups in total. The number of Topliss-reactive ketones (excluding diaryl/α,β-unsaturated/α-hetero) is 1. The van der Waals surface area contributed by atoms with Gasteiger partial charge in [-0.05, 0) is 75.7 Å². The summed E-state index contributed by atoms with van der Waals surface area (Å²) in [7, 11) is 0. The van der Waals surface area contributed by atoms with Crippen LogP contribution in [0.15, 0.2) is 48.5 Å². The predicted octanol–water partition coefficient (Wildman–Crippen LogP) is 4.05. The van der Waals surface area contributed by atoms with Crippen molar-refractivity contribution in [2.45, 2.75) is 39.2 Å². The minimum atomic E-state index is -0.893. The number of carboxylic acids is 1. The molecule has 6 nitrogen and oxygen atoms in total. The molecular weight excluding hydrogens is 346 g/mol. The van der Waals surface area contributed by atoms with E-state index in [-0.39, 0.29) is 18.1 Å². The standard InChI is InChI=1S/C21H23NO5/c1-14(23)15-4-8-17(9-5-15)27-18-10-6-16(7-11-18)20(26)22-21(2,3)13-12-19(24)25/h4-11H,12-13H2,1-3H3,(H,22,26)(H,24,25). The molecule has 0 saturated carbocycles. The molecule has 2 aromatic carbocycles. The molecule has 0 fully saturated rings. The van der Waals surface area contributed by atoms with Crippen molar-refractivity contribution in [1.82, 2.24) is 5.32 Å². The summed E-state index contributed by atoms with van der Waals surface area (Å²) in [6.07, 6.45) is 0.327. The number of hydrogen-bond donors (Lipinski definition) is 2. The fourth-order valence-electron chi connectivity index (χ4n) is 2.43. The fraction of sp³-hybridized carbons (Fsp3) is 0.286. The molecule has 2 aromatic rings. The summed E-state index contributed by atoms with van der Waals surface area (Å²) in [5, 5.41) is 11.6. The van der Waals surface area contributed by atoms with E-state index in [0.717, 1.165) is 0 Å². The number of ether oxygens (including phenoxy) is 1. The van der Waals surface area contributed by atoms with Crippen molar-refractivity contribution >= 4 is 17.7 Å². The largest absolute Gasteiger partial charge is 0.481 e. The van der Waals surface area contributed by atoms with Crippen LogP contribution in [0.25, 0.3) is 0 Å². The first-order chi connectivity index (χ1) is 12.7. The molecule has 0 aliphatic rings. The molecule has 0 heterocycles. The maximum Gasteiger partial charge on any atom is 0.303 e. The van der Waals surface area contributed by atoms with E-state index in [1.807, 2.05) is 0 Å². The van der Waals surface area contributed by atoms with E-state index in [1.54, 1.807) is 62.4 Å². The maximum absolute atomic E-state index is 12.3. The number of nitrogens with one attached hydrogen (secondary N) is 1. The lowest BCUT2D eigenvalue weighted by Gasteiger charge is -2.25. The van der Waals surface area contributed by atoms with Gasteiger partial charge in [0.2, 0.25) is 0 Å². The Balaban J connectivity index is 1.98. The van der Waals surface area contributed by atoms with Crippen LogP contribution in [-0.2, 0) is 4.79 Å². The van der Waals surface area contributed by atoms with Crippen LogP contribution < -0.4 is 10.1 Å². The first-order valence-corrected chi connectivity index (χ1v) is 8.59. The van der Waals surface area contributed by atoms with Crippen molar-refractivity contribution in [3.63, 3.8) is 0 Å². The number of carbonyl (C=O) groups excluding carboxylic acids is 2. The number of rotatable bonds is 8. The SMILES string of the molecule is CC(=O)c1ccc(Oc2ccc(C(=O)NC(C)(C)CCC(=O)O)cc2)cc1. The van der Waals surface area contributed by atoms with Gasteiger partial charge in [-0.2, -0.15) is 0 Å². The summed E-state index contributed by atoms with van der Waals surface area (Å²) in [5.41, 5.74) is 0.445. The van der Waals surface area contributed by atoms with E-state index in [0.29, 0.717) is 29.0 Å². The molecule has 0 unspecified atom stereocenters. The normalized spacial score (nSPS) is 10.9. The van der Waals surface area contributed by atoms with E-state index >= 15 is 0 Å². The number of aliphatic carboxylic acids is 1. The van der Waals surface area contributed by atoms with Gasteiger partial charge in [-0.25, -0.2) is 0 Å². The van der Waals surface area contributed by atoms with E-state index in [9.17, 15) is 14.4 Å². The molecule has 0 radical (unpaired) electrons. The third-order valence-corrected chi connectivity index (χ3v) is 4.03. The van der Waals surface area contributed by atoms with Gasteiger partial charge in [-0.1, -0.05) is 0 Å². The lowest BCUT2D eigenvalue weighted by molar-refractivity contribution is -0.137. The fourth-order valence-corrected chi connectivity index (χ4v) is 2.43. The highest BCUT2D eigenvalue weighted by Gasteiger charge is 2.22. The average Bonchev–Trinajstić information content (AvgIpc) is 2.61. The van der Waals surface area contributed by atoms with Gasteiger partial charge in [0.1, 0.15) is 11.5 Å². The van der Waals surface area contributed by atoms with E-state index in [1.165, 1.54) is 6.92 Å². The third-order valence-electron chi connectivity index (χ3n) is 4.03. The first-order valence-electron chi connectivity index (χ1n) is 8.59. The van der Waals surface area contributed by atoms with Crippen LogP contribution in [0, 0.1) is 0 Å². The van der Waals surface area contributed by atoms with Crippen molar-refractivity contribution in [2.75, 3.05) is 0 Å². The zero-order valence-corrected chi connectivity index (χ0v) is 15.6. The highest BCUT2D eigenvalue weighted by molar-refractivity contribution is 5.95. The van der Waals surface area contributed by atoms with Gasteiger partial charge >= 0.3 is 5.97 Å². The van der Waals surface area contributed by atoms with E-state index < -0.39 is 11.5 Å². The van der Waals surface area contributed by atoms with E-state index in [4.69, 9.17) is 9.84 Å². The second-order valence-corrected chi connectivity index (χ2v) is 6.94. The zero-order chi connectivity index (χ0) is 20.0. The molecule has 0 aliphatic carbocycles. The van der Waals surface area contributed by atoms with Gasteiger partial charge in [0.05, 0.1) is 0 Å². The Labute approximate surface area is 158 Å². The van der Waals surface area contributed by atoms with Crippen molar-refractivity contribution in [2.24, 2.45) is 0 Å². The summed E-state index contributed by atoms with van der Waals surface area (Å²) >= 11 is 0. The Bertz CT molecular complexity index is 823. The van der Waals surface area contributed by atoms with Crippen LogP contribution in [0.5, 0.6) is 11.5 Å². The molecule has 1 amide bonds. The summed E-state index contributed by atoms with van der Waals surface area (Å²) in [4.78, 5) is 34.3. The van der Waals surface area contributed by atoms with Crippen LogP contribution >= 0.6 is 0 Å². The number of benzene rings is 2. The van der Waals surface area contributed by atoms with Gasteiger partial charge in [0.15, 0.2) is 5.78 Å². The molecule has 0 atom stereocenters. The second-order valence-electron chi connectivity index (χ2n) is 6.94. The Hall–Kier alpha value is -3.15. The van der Waals surface area contributed by atoms with Crippen LogP contribution in [0.3, 0.4) is 0 Å². The highest BCUT2D eigenvalue weighted by Crippen LogP contribution is 2.22. The van der Waals surface area contributed by atoms with Crippen LogP contribution in [-0.4, -0.2) is 28.3 Å². The number of hydrogen-bond acceptors (Lipinski definition) is 4. The Morgan fingerprint density at radius 3 is 1.85 bits per heavy atom. The Morgan fingerprint density at radius 2 is 1.41 bits per heavy atom. The van der Waals surface area contributed by atoms with Gasteiger partial charge in [-0.15, -0.1) is 0 Å². The lowest BCUT2D eigenvalue weighted by Crippen LogP contribution is -2.43. The van der Waals surface area contributed by atoms with Crippen molar-refractivity contribution in [1.29, 1.82) is 0 Å². The maximum atomic E-state index is 12.3. The van der Waals surface area contributed by atoms with Gasteiger partial charge in [0, 0.05) is 23.1 Å².